The van der Waals surface area contributed by atoms with Crippen molar-refractivity contribution in [3.63, 3.8) is 0 Å². The Kier molecular flexibility index (Phi) is 6.52. The zero-order chi connectivity index (χ0) is 20.9. The summed E-state index contributed by atoms with van der Waals surface area (Å²) in [7, 11) is 0. The maximum absolute atomic E-state index is 13.0. The summed E-state index contributed by atoms with van der Waals surface area (Å²) in [5, 5.41) is 5.90. The molecule has 0 radical (unpaired) electrons. The molecule has 0 saturated carbocycles. The lowest BCUT2D eigenvalue weighted by atomic mass is 9.81. The molecule has 1 aliphatic rings. The smallest absolute Gasteiger partial charge is 0.317 e. The normalized spacial score (nSPS) is 18.9. The molecule has 29 heavy (non-hydrogen) atoms. The number of nitrogens with zero attached hydrogens (tertiary/aromatic N) is 1. The highest BCUT2D eigenvalue weighted by atomic mass is 19.1. The second-order valence-electron chi connectivity index (χ2n) is 7.98. The van der Waals surface area contributed by atoms with Crippen LogP contribution < -0.4 is 10.6 Å². The summed E-state index contributed by atoms with van der Waals surface area (Å²) in [6.07, 6.45) is 1.52. The Labute approximate surface area is 171 Å². The van der Waals surface area contributed by atoms with Crippen molar-refractivity contribution in [2.75, 3.05) is 13.1 Å². The molecule has 5 nitrogen and oxygen atoms in total. The number of benzene rings is 2. The Morgan fingerprint density at radius 1 is 1.07 bits per heavy atom. The van der Waals surface area contributed by atoms with Crippen molar-refractivity contribution < 1.29 is 14.0 Å². The van der Waals surface area contributed by atoms with Crippen LogP contribution in [0, 0.1) is 18.2 Å². The molecule has 1 fully saturated rings. The van der Waals surface area contributed by atoms with E-state index in [-0.39, 0.29) is 17.8 Å². The van der Waals surface area contributed by atoms with Gasteiger partial charge in [-0.3, -0.25) is 4.79 Å². The number of carbonyl (C=O) groups is 2. The van der Waals surface area contributed by atoms with Gasteiger partial charge in [0.15, 0.2) is 0 Å². The van der Waals surface area contributed by atoms with Gasteiger partial charge in [0.25, 0.3) is 0 Å². The van der Waals surface area contributed by atoms with Gasteiger partial charge < -0.3 is 15.5 Å². The fourth-order valence-electron chi connectivity index (χ4n) is 3.69. The number of likely N-dealkylation sites (tertiary alicyclic amines) is 1. The summed E-state index contributed by atoms with van der Waals surface area (Å²) in [5.74, 6) is -0.333. The van der Waals surface area contributed by atoms with E-state index in [1.54, 1.807) is 17.0 Å². The molecule has 154 valence electrons. The highest BCUT2D eigenvalue weighted by molar-refractivity contribution is 5.84. The lowest BCUT2D eigenvalue weighted by Crippen LogP contribution is -2.53. The van der Waals surface area contributed by atoms with Crippen LogP contribution in [0.1, 0.15) is 36.5 Å². The number of aryl methyl sites for hydroxylation is 1. The van der Waals surface area contributed by atoms with Crippen LogP contribution in [0.25, 0.3) is 0 Å². The number of rotatable bonds is 5. The highest BCUT2D eigenvalue weighted by Crippen LogP contribution is 2.30. The minimum absolute atomic E-state index is 0.0308. The lowest BCUT2D eigenvalue weighted by Gasteiger charge is -2.39. The van der Waals surface area contributed by atoms with Crippen LogP contribution >= 0.6 is 0 Å². The molecule has 1 atom stereocenters. The SMILES string of the molecule is Cc1ccccc1CNC(=O)[C@]1(C)CCCN(C(=O)NCc2ccc(F)cc2)C1. The van der Waals surface area contributed by atoms with Crippen LogP contribution in [0.3, 0.4) is 0 Å². The quantitative estimate of drug-likeness (QED) is 0.807. The average molecular weight is 397 g/mol. The van der Waals surface area contributed by atoms with E-state index in [0.717, 1.165) is 29.5 Å². The van der Waals surface area contributed by atoms with Crippen LogP contribution in [0.4, 0.5) is 9.18 Å². The van der Waals surface area contributed by atoms with Gasteiger partial charge in [-0.25, -0.2) is 9.18 Å². The molecular formula is C23H28FN3O2. The second-order valence-corrected chi connectivity index (χ2v) is 7.98. The Morgan fingerprint density at radius 3 is 2.52 bits per heavy atom. The van der Waals surface area contributed by atoms with Gasteiger partial charge in [0, 0.05) is 26.2 Å². The summed E-state index contributed by atoms with van der Waals surface area (Å²) in [6.45, 7) is 5.75. The van der Waals surface area contributed by atoms with Gasteiger partial charge in [-0.15, -0.1) is 0 Å². The third-order valence-electron chi connectivity index (χ3n) is 5.59. The van der Waals surface area contributed by atoms with Crippen molar-refractivity contribution in [2.45, 2.75) is 39.8 Å². The zero-order valence-corrected chi connectivity index (χ0v) is 17.0. The number of hydrogen-bond acceptors (Lipinski definition) is 2. The fraction of sp³-hybridized carbons (Fsp3) is 0.391. The number of hydrogen-bond donors (Lipinski definition) is 2. The monoisotopic (exact) mass is 397 g/mol. The van der Waals surface area contributed by atoms with E-state index >= 15 is 0 Å². The molecule has 1 heterocycles. The predicted molar refractivity (Wildman–Crippen MR) is 111 cm³/mol. The first kappa shape index (κ1) is 20.8. The number of halogens is 1. The van der Waals surface area contributed by atoms with Crippen molar-refractivity contribution >= 4 is 11.9 Å². The number of nitrogens with one attached hydrogen (secondary N) is 2. The van der Waals surface area contributed by atoms with Crippen LogP contribution in [-0.2, 0) is 17.9 Å². The molecular weight excluding hydrogens is 369 g/mol. The standard InChI is InChI=1S/C23H28FN3O2/c1-17-6-3-4-7-19(17)15-25-21(28)23(2)12-5-13-27(16-23)22(29)26-14-18-8-10-20(24)11-9-18/h3-4,6-11H,5,12-16H2,1-2H3,(H,25,28)(H,26,29)/t23-/m1/s1. The molecule has 0 unspecified atom stereocenters. The third kappa shape index (κ3) is 5.34. The van der Waals surface area contributed by atoms with Crippen molar-refractivity contribution in [1.29, 1.82) is 0 Å². The van der Waals surface area contributed by atoms with Gasteiger partial charge in [-0.1, -0.05) is 36.4 Å². The summed E-state index contributed by atoms with van der Waals surface area (Å²) in [5.41, 5.74) is 2.45. The summed E-state index contributed by atoms with van der Waals surface area (Å²) in [4.78, 5) is 27.2. The first-order chi connectivity index (χ1) is 13.9. The Morgan fingerprint density at radius 2 is 1.79 bits per heavy atom. The molecule has 2 aromatic carbocycles. The topological polar surface area (TPSA) is 61.4 Å². The van der Waals surface area contributed by atoms with E-state index in [2.05, 4.69) is 10.6 Å². The fourth-order valence-corrected chi connectivity index (χ4v) is 3.69. The number of amides is 3. The summed E-state index contributed by atoms with van der Waals surface area (Å²) < 4.78 is 13.0. The van der Waals surface area contributed by atoms with Crippen molar-refractivity contribution in [1.82, 2.24) is 15.5 Å². The Hall–Kier alpha value is -2.89. The highest BCUT2D eigenvalue weighted by Gasteiger charge is 2.39. The molecule has 0 aromatic heterocycles. The molecule has 1 saturated heterocycles. The molecule has 0 aliphatic carbocycles. The summed E-state index contributed by atoms with van der Waals surface area (Å²) in [6, 6.07) is 13.8. The summed E-state index contributed by atoms with van der Waals surface area (Å²) >= 11 is 0. The van der Waals surface area contributed by atoms with Crippen LogP contribution in [-0.4, -0.2) is 29.9 Å². The molecule has 3 rings (SSSR count). The Bertz CT molecular complexity index is 869. The molecule has 2 aromatic rings. The first-order valence-corrected chi connectivity index (χ1v) is 9.97. The number of carbonyl (C=O) groups excluding carboxylic acids is 2. The maximum Gasteiger partial charge on any atom is 0.317 e. The number of piperidine rings is 1. The van der Waals surface area contributed by atoms with Crippen molar-refractivity contribution in [3.05, 3.63) is 71.0 Å². The van der Waals surface area contributed by atoms with Crippen molar-refractivity contribution in [3.8, 4) is 0 Å². The molecule has 6 heteroatoms. The van der Waals surface area contributed by atoms with E-state index in [1.807, 2.05) is 38.1 Å². The first-order valence-electron chi connectivity index (χ1n) is 9.97. The number of urea groups is 1. The minimum Gasteiger partial charge on any atom is -0.351 e. The van der Waals surface area contributed by atoms with E-state index < -0.39 is 5.41 Å². The van der Waals surface area contributed by atoms with Gasteiger partial charge >= 0.3 is 6.03 Å². The van der Waals surface area contributed by atoms with Crippen LogP contribution in [0.5, 0.6) is 0 Å². The Balaban J connectivity index is 1.54. The zero-order valence-electron chi connectivity index (χ0n) is 17.0. The molecule has 0 bridgehead atoms. The maximum atomic E-state index is 13.0. The predicted octanol–water partition coefficient (Wildman–Crippen LogP) is 3.76. The van der Waals surface area contributed by atoms with E-state index in [1.165, 1.54) is 12.1 Å². The van der Waals surface area contributed by atoms with Gasteiger partial charge in [0.2, 0.25) is 5.91 Å². The van der Waals surface area contributed by atoms with Gasteiger partial charge in [-0.2, -0.15) is 0 Å². The lowest BCUT2D eigenvalue weighted by molar-refractivity contribution is -0.132. The molecule has 1 aliphatic heterocycles. The van der Waals surface area contributed by atoms with E-state index in [9.17, 15) is 14.0 Å². The van der Waals surface area contributed by atoms with Crippen LogP contribution in [0.15, 0.2) is 48.5 Å². The van der Waals surface area contributed by atoms with E-state index in [0.29, 0.717) is 26.2 Å². The van der Waals surface area contributed by atoms with Gasteiger partial charge in [0.05, 0.1) is 5.41 Å². The largest absolute Gasteiger partial charge is 0.351 e. The average Bonchev–Trinajstić information content (AvgIpc) is 2.72. The molecule has 0 spiro atoms. The van der Waals surface area contributed by atoms with Crippen molar-refractivity contribution in [2.24, 2.45) is 5.41 Å². The van der Waals surface area contributed by atoms with Gasteiger partial charge in [0.1, 0.15) is 5.82 Å². The minimum atomic E-state index is -0.617. The van der Waals surface area contributed by atoms with Crippen LogP contribution in [0.2, 0.25) is 0 Å². The third-order valence-corrected chi connectivity index (χ3v) is 5.59. The van der Waals surface area contributed by atoms with E-state index in [4.69, 9.17) is 0 Å². The molecule has 2 N–H and O–H groups in total. The molecule has 3 amide bonds. The second kappa shape index (κ2) is 9.07. The van der Waals surface area contributed by atoms with Gasteiger partial charge in [-0.05, 0) is 55.5 Å².